The smallest absolute Gasteiger partial charge is 0.207 e. The summed E-state index contributed by atoms with van der Waals surface area (Å²) >= 11 is 0. The molecule has 8 heavy (non-hydrogen) atoms. The fourth-order valence-corrected chi connectivity index (χ4v) is 0.284. The second-order valence-electron chi connectivity index (χ2n) is 1.17. The molecule has 0 aliphatic heterocycles. The van der Waals surface area contributed by atoms with Gasteiger partial charge in [-0.3, -0.25) is 4.79 Å². The van der Waals surface area contributed by atoms with Gasteiger partial charge < -0.3 is 10.2 Å². The van der Waals surface area contributed by atoms with Crippen molar-refractivity contribution < 1.29 is 9.63 Å². The summed E-state index contributed by atoms with van der Waals surface area (Å²) in [6.45, 7) is 1.23. The van der Waals surface area contributed by atoms with Gasteiger partial charge in [0.25, 0.3) is 0 Å². The van der Waals surface area contributed by atoms with E-state index in [0.29, 0.717) is 19.5 Å². The molecule has 0 aromatic heterocycles. The van der Waals surface area contributed by atoms with E-state index in [9.17, 15) is 4.79 Å². The van der Waals surface area contributed by atoms with Crippen molar-refractivity contribution in [2.24, 2.45) is 0 Å². The third-order valence-corrected chi connectivity index (χ3v) is 0.599. The molecule has 0 atom stereocenters. The second-order valence-corrected chi connectivity index (χ2v) is 1.17. The Morgan fingerprint density at radius 1 is 1.62 bits per heavy atom. The predicted molar refractivity (Wildman–Crippen MR) is 29.1 cm³/mol. The van der Waals surface area contributed by atoms with E-state index < -0.39 is 0 Å². The van der Waals surface area contributed by atoms with Crippen LogP contribution in [0.4, 0.5) is 0 Å². The molecule has 0 bridgehead atoms. The normalized spacial score (nSPS) is 8.62. The quantitative estimate of drug-likeness (QED) is 0.273. The number of carbonyl (C=O) groups is 1. The lowest BCUT2D eigenvalue weighted by Crippen LogP contribution is -2.25. The van der Waals surface area contributed by atoms with E-state index in [1.165, 1.54) is 7.11 Å². The summed E-state index contributed by atoms with van der Waals surface area (Å²) in [5.74, 6) is 0. The van der Waals surface area contributed by atoms with Crippen LogP contribution in [0, 0.1) is 0 Å². The Labute approximate surface area is 48.2 Å². The van der Waals surface area contributed by atoms with Crippen molar-refractivity contribution in [3.63, 3.8) is 0 Å². The Bertz CT molecular complexity index is 58.0. The minimum Gasteiger partial charge on any atom is -0.357 e. The fourth-order valence-electron chi connectivity index (χ4n) is 0.284. The molecule has 4 nitrogen and oxygen atoms in total. The van der Waals surface area contributed by atoms with E-state index >= 15 is 0 Å². The van der Waals surface area contributed by atoms with Crippen molar-refractivity contribution in [3.05, 3.63) is 0 Å². The summed E-state index contributed by atoms with van der Waals surface area (Å²) in [6, 6.07) is 0. The summed E-state index contributed by atoms with van der Waals surface area (Å²) in [5.41, 5.74) is 2.56. The Hall–Kier alpha value is -0.610. The fraction of sp³-hybridized carbons (Fsp3) is 0.750. The van der Waals surface area contributed by atoms with Crippen LogP contribution in [0.15, 0.2) is 0 Å². The van der Waals surface area contributed by atoms with Crippen LogP contribution in [-0.2, 0) is 9.63 Å². The highest BCUT2D eigenvalue weighted by Crippen LogP contribution is 1.53. The van der Waals surface area contributed by atoms with Crippen LogP contribution in [-0.4, -0.2) is 26.6 Å². The summed E-state index contributed by atoms with van der Waals surface area (Å²) in [7, 11) is 1.53. The Morgan fingerprint density at radius 3 is 2.88 bits per heavy atom. The Balaban J connectivity index is 2.62. The summed E-state index contributed by atoms with van der Waals surface area (Å²) in [5, 5.41) is 2.46. The molecule has 4 heteroatoms. The molecular weight excluding hydrogens is 108 g/mol. The van der Waals surface area contributed by atoms with E-state index in [4.69, 9.17) is 0 Å². The molecular formula is C4H10N2O2. The molecule has 0 radical (unpaired) electrons. The molecule has 0 unspecified atom stereocenters. The second kappa shape index (κ2) is 6.39. The molecule has 0 aliphatic rings. The van der Waals surface area contributed by atoms with Crippen molar-refractivity contribution in [3.8, 4) is 0 Å². The highest BCUT2D eigenvalue weighted by Gasteiger charge is 1.78. The number of amides is 1. The van der Waals surface area contributed by atoms with E-state index in [1.807, 2.05) is 0 Å². The monoisotopic (exact) mass is 118 g/mol. The van der Waals surface area contributed by atoms with Crippen molar-refractivity contribution in [2.75, 3.05) is 20.2 Å². The molecule has 0 rings (SSSR count). The maximum Gasteiger partial charge on any atom is 0.207 e. The number of hydroxylamine groups is 1. The van der Waals surface area contributed by atoms with Crippen molar-refractivity contribution in [1.82, 2.24) is 10.8 Å². The van der Waals surface area contributed by atoms with Crippen molar-refractivity contribution in [2.45, 2.75) is 0 Å². The first-order valence-electron chi connectivity index (χ1n) is 2.34. The minimum atomic E-state index is 0.595. The van der Waals surface area contributed by atoms with Gasteiger partial charge in [-0.2, -0.15) is 0 Å². The van der Waals surface area contributed by atoms with Crippen LogP contribution in [0.3, 0.4) is 0 Å². The highest BCUT2D eigenvalue weighted by molar-refractivity contribution is 5.45. The van der Waals surface area contributed by atoms with Gasteiger partial charge in [-0.25, -0.2) is 5.48 Å². The molecule has 0 aromatic carbocycles. The minimum absolute atomic E-state index is 0.595. The zero-order valence-electron chi connectivity index (χ0n) is 4.81. The zero-order valence-corrected chi connectivity index (χ0v) is 4.81. The van der Waals surface area contributed by atoms with E-state index in [0.717, 1.165) is 0 Å². The topological polar surface area (TPSA) is 50.4 Å². The van der Waals surface area contributed by atoms with E-state index in [-0.39, 0.29) is 0 Å². The first-order valence-corrected chi connectivity index (χ1v) is 2.34. The van der Waals surface area contributed by atoms with E-state index in [1.54, 1.807) is 0 Å². The Kier molecular flexibility index (Phi) is 5.90. The lowest BCUT2D eigenvalue weighted by molar-refractivity contribution is -0.109. The van der Waals surface area contributed by atoms with Gasteiger partial charge in [0.15, 0.2) is 0 Å². The maximum absolute atomic E-state index is 9.59. The zero-order chi connectivity index (χ0) is 6.24. The molecule has 2 N–H and O–H groups in total. The lowest BCUT2D eigenvalue weighted by atomic mass is 10.7. The van der Waals surface area contributed by atoms with Gasteiger partial charge in [-0.1, -0.05) is 0 Å². The van der Waals surface area contributed by atoms with Gasteiger partial charge in [0.1, 0.15) is 0 Å². The molecule has 0 spiro atoms. The largest absolute Gasteiger partial charge is 0.357 e. The molecule has 1 amide bonds. The summed E-state index contributed by atoms with van der Waals surface area (Å²) in [4.78, 5) is 14.1. The third kappa shape index (κ3) is 5.39. The third-order valence-electron chi connectivity index (χ3n) is 0.599. The van der Waals surface area contributed by atoms with Gasteiger partial charge in [0, 0.05) is 13.1 Å². The summed E-state index contributed by atoms with van der Waals surface area (Å²) < 4.78 is 0. The average Bonchev–Trinajstić information content (AvgIpc) is 1.81. The molecule has 0 saturated heterocycles. The number of nitrogens with one attached hydrogen (secondary N) is 2. The van der Waals surface area contributed by atoms with Crippen LogP contribution < -0.4 is 10.8 Å². The predicted octanol–water partition coefficient (Wildman–Crippen LogP) is -1.12. The van der Waals surface area contributed by atoms with Gasteiger partial charge in [-0.05, 0) is 0 Å². The van der Waals surface area contributed by atoms with Gasteiger partial charge in [0.05, 0.1) is 7.11 Å². The first kappa shape index (κ1) is 7.39. The lowest BCUT2D eigenvalue weighted by Gasteiger charge is -1.97. The van der Waals surface area contributed by atoms with Gasteiger partial charge >= 0.3 is 0 Å². The van der Waals surface area contributed by atoms with Crippen LogP contribution in [0.25, 0.3) is 0 Å². The first-order chi connectivity index (χ1) is 3.91. The molecule has 0 saturated carbocycles. The van der Waals surface area contributed by atoms with Crippen LogP contribution >= 0.6 is 0 Å². The molecule has 48 valence electrons. The number of carbonyl (C=O) groups excluding carboxylic acids is 1. The van der Waals surface area contributed by atoms with Crippen LogP contribution in [0.5, 0.6) is 0 Å². The van der Waals surface area contributed by atoms with Crippen molar-refractivity contribution >= 4 is 6.41 Å². The average molecular weight is 118 g/mol. The maximum atomic E-state index is 9.59. The number of hydrogen-bond acceptors (Lipinski definition) is 3. The SMILES string of the molecule is CONCCNC=O. The van der Waals surface area contributed by atoms with Crippen molar-refractivity contribution in [1.29, 1.82) is 0 Å². The number of hydrogen-bond donors (Lipinski definition) is 2. The molecule has 0 aromatic rings. The molecule has 0 heterocycles. The van der Waals surface area contributed by atoms with Gasteiger partial charge in [0.2, 0.25) is 6.41 Å². The molecule has 0 aliphatic carbocycles. The highest BCUT2D eigenvalue weighted by atomic mass is 16.6. The summed E-state index contributed by atoms with van der Waals surface area (Å²) in [6.07, 6.45) is 0.650. The van der Waals surface area contributed by atoms with Crippen LogP contribution in [0.2, 0.25) is 0 Å². The number of rotatable bonds is 5. The van der Waals surface area contributed by atoms with E-state index in [2.05, 4.69) is 15.6 Å². The Morgan fingerprint density at radius 2 is 2.38 bits per heavy atom. The van der Waals surface area contributed by atoms with Gasteiger partial charge in [-0.15, -0.1) is 0 Å². The van der Waals surface area contributed by atoms with Crippen LogP contribution in [0.1, 0.15) is 0 Å². The standard InChI is InChI=1S/C4H10N2O2/c1-8-6-3-2-5-4-7/h4,6H,2-3H2,1H3,(H,5,7). The molecule has 0 fully saturated rings.